The van der Waals surface area contributed by atoms with E-state index in [0.29, 0.717) is 6.04 Å². The summed E-state index contributed by atoms with van der Waals surface area (Å²) in [6.07, 6.45) is 3.77. The standard InChI is InChI=1S/C14H23N3O/c1-11(18)14-5-4-13(10-15-14)17(3)12-6-8-16(2)9-7-12/h4-5,10-12,18H,6-9H2,1-3H3. The number of nitrogens with zero attached hydrogens (tertiary/aromatic N) is 3. The monoisotopic (exact) mass is 249 g/mol. The maximum Gasteiger partial charge on any atom is 0.0931 e. The third kappa shape index (κ3) is 3.00. The van der Waals surface area contributed by atoms with Gasteiger partial charge in [0.2, 0.25) is 0 Å². The van der Waals surface area contributed by atoms with Gasteiger partial charge in [-0.3, -0.25) is 4.98 Å². The first-order chi connectivity index (χ1) is 8.58. The first kappa shape index (κ1) is 13.3. The van der Waals surface area contributed by atoms with Crippen molar-refractivity contribution in [3.05, 3.63) is 24.0 Å². The van der Waals surface area contributed by atoms with Crippen LogP contribution in [0.5, 0.6) is 0 Å². The fourth-order valence-corrected chi connectivity index (χ4v) is 2.45. The number of aromatic nitrogens is 1. The molecule has 1 aromatic heterocycles. The molecule has 0 bridgehead atoms. The van der Waals surface area contributed by atoms with E-state index in [0.717, 1.165) is 24.5 Å². The minimum atomic E-state index is -0.493. The van der Waals surface area contributed by atoms with Gasteiger partial charge in [0, 0.05) is 13.1 Å². The summed E-state index contributed by atoms with van der Waals surface area (Å²) in [5.74, 6) is 0. The van der Waals surface area contributed by atoms with Crippen molar-refractivity contribution in [2.24, 2.45) is 0 Å². The molecule has 0 amide bonds. The molecule has 1 aliphatic heterocycles. The molecule has 4 nitrogen and oxygen atoms in total. The van der Waals surface area contributed by atoms with E-state index in [1.807, 2.05) is 18.3 Å². The van der Waals surface area contributed by atoms with Crippen molar-refractivity contribution in [3.63, 3.8) is 0 Å². The van der Waals surface area contributed by atoms with Gasteiger partial charge in [-0.05, 0) is 52.0 Å². The van der Waals surface area contributed by atoms with Crippen LogP contribution >= 0.6 is 0 Å². The topological polar surface area (TPSA) is 39.6 Å². The summed E-state index contributed by atoms with van der Waals surface area (Å²) < 4.78 is 0. The number of hydrogen-bond donors (Lipinski definition) is 1. The molecule has 1 fully saturated rings. The molecule has 0 saturated carbocycles. The molecule has 1 atom stereocenters. The lowest BCUT2D eigenvalue weighted by molar-refractivity contribution is 0.194. The van der Waals surface area contributed by atoms with Crippen LogP contribution < -0.4 is 4.90 Å². The van der Waals surface area contributed by atoms with Crippen LogP contribution in [0.3, 0.4) is 0 Å². The number of piperidine rings is 1. The molecule has 18 heavy (non-hydrogen) atoms. The molecule has 100 valence electrons. The third-order valence-electron chi connectivity index (χ3n) is 3.84. The largest absolute Gasteiger partial charge is 0.387 e. The molecule has 1 saturated heterocycles. The Hall–Kier alpha value is -1.13. The number of pyridine rings is 1. The number of rotatable bonds is 3. The lowest BCUT2D eigenvalue weighted by Gasteiger charge is -2.36. The molecule has 2 rings (SSSR count). The SMILES string of the molecule is CC(O)c1ccc(N(C)C2CCN(C)CC2)cn1. The number of aliphatic hydroxyl groups is 1. The van der Waals surface area contributed by atoms with E-state index in [4.69, 9.17) is 0 Å². The highest BCUT2D eigenvalue weighted by Gasteiger charge is 2.20. The van der Waals surface area contributed by atoms with Gasteiger partial charge in [0.1, 0.15) is 0 Å². The van der Waals surface area contributed by atoms with Gasteiger partial charge < -0.3 is 14.9 Å². The molecule has 1 aromatic rings. The second-order valence-electron chi connectivity index (χ2n) is 5.26. The van der Waals surface area contributed by atoms with Crippen molar-refractivity contribution in [2.75, 3.05) is 32.1 Å². The smallest absolute Gasteiger partial charge is 0.0931 e. The first-order valence-corrected chi connectivity index (χ1v) is 6.63. The molecule has 0 radical (unpaired) electrons. The molecule has 1 aliphatic rings. The second-order valence-corrected chi connectivity index (χ2v) is 5.26. The number of likely N-dealkylation sites (tertiary alicyclic amines) is 1. The van der Waals surface area contributed by atoms with Gasteiger partial charge >= 0.3 is 0 Å². The number of aliphatic hydroxyl groups excluding tert-OH is 1. The molecule has 2 heterocycles. The van der Waals surface area contributed by atoms with E-state index in [1.54, 1.807) is 6.92 Å². The van der Waals surface area contributed by atoms with Gasteiger partial charge in [-0.2, -0.15) is 0 Å². The highest BCUT2D eigenvalue weighted by atomic mass is 16.3. The Morgan fingerprint density at radius 3 is 2.56 bits per heavy atom. The van der Waals surface area contributed by atoms with Crippen LogP contribution in [-0.2, 0) is 0 Å². The number of anilines is 1. The highest BCUT2D eigenvalue weighted by molar-refractivity contribution is 5.45. The van der Waals surface area contributed by atoms with Gasteiger partial charge in [0.15, 0.2) is 0 Å². The van der Waals surface area contributed by atoms with E-state index < -0.39 is 6.10 Å². The maximum atomic E-state index is 9.45. The Kier molecular flexibility index (Phi) is 4.19. The first-order valence-electron chi connectivity index (χ1n) is 6.63. The van der Waals surface area contributed by atoms with Crippen LogP contribution in [0.1, 0.15) is 31.6 Å². The van der Waals surface area contributed by atoms with E-state index in [1.165, 1.54) is 12.8 Å². The summed E-state index contributed by atoms with van der Waals surface area (Å²) in [6.45, 7) is 4.06. The van der Waals surface area contributed by atoms with Crippen molar-refractivity contribution in [1.29, 1.82) is 0 Å². The Bertz CT molecular complexity index is 369. The highest BCUT2D eigenvalue weighted by Crippen LogP contribution is 2.22. The summed E-state index contributed by atoms with van der Waals surface area (Å²) in [7, 11) is 4.31. The zero-order valence-electron chi connectivity index (χ0n) is 11.5. The van der Waals surface area contributed by atoms with Gasteiger partial charge in [0.05, 0.1) is 23.7 Å². The summed E-state index contributed by atoms with van der Waals surface area (Å²) >= 11 is 0. The normalized spacial score (nSPS) is 19.8. The minimum Gasteiger partial charge on any atom is -0.387 e. The fraction of sp³-hybridized carbons (Fsp3) is 0.643. The maximum absolute atomic E-state index is 9.45. The van der Waals surface area contributed by atoms with Crippen molar-refractivity contribution in [3.8, 4) is 0 Å². The molecule has 0 spiro atoms. The molecular formula is C14H23N3O. The van der Waals surface area contributed by atoms with Gasteiger partial charge in [-0.1, -0.05) is 0 Å². The fourth-order valence-electron chi connectivity index (χ4n) is 2.45. The van der Waals surface area contributed by atoms with Gasteiger partial charge in [-0.15, -0.1) is 0 Å². The van der Waals surface area contributed by atoms with Crippen LogP contribution in [0.2, 0.25) is 0 Å². The van der Waals surface area contributed by atoms with Crippen LogP contribution in [0, 0.1) is 0 Å². The van der Waals surface area contributed by atoms with Crippen molar-refractivity contribution in [1.82, 2.24) is 9.88 Å². The predicted octanol–water partition coefficient (Wildman–Crippen LogP) is 1.67. The third-order valence-corrected chi connectivity index (χ3v) is 3.84. The average Bonchev–Trinajstić information content (AvgIpc) is 2.39. The molecule has 1 N–H and O–H groups in total. The molecule has 0 aromatic carbocycles. The minimum absolute atomic E-state index is 0.493. The van der Waals surface area contributed by atoms with E-state index >= 15 is 0 Å². The van der Waals surface area contributed by atoms with Gasteiger partial charge in [0.25, 0.3) is 0 Å². The van der Waals surface area contributed by atoms with Crippen LogP contribution in [0.15, 0.2) is 18.3 Å². The summed E-state index contributed by atoms with van der Waals surface area (Å²) in [5, 5.41) is 9.45. The summed E-state index contributed by atoms with van der Waals surface area (Å²) in [6, 6.07) is 4.55. The summed E-state index contributed by atoms with van der Waals surface area (Å²) in [5.41, 5.74) is 1.87. The van der Waals surface area contributed by atoms with E-state index in [-0.39, 0.29) is 0 Å². The Morgan fingerprint density at radius 1 is 1.39 bits per heavy atom. The molecule has 4 heteroatoms. The second kappa shape index (κ2) is 5.67. The van der Waals surface area contributed by atoms with Crippen LogP contribution in [-0.4, -0.2) is 48.2 Å². The quantitative estimate of drug-likeness (QED) is 0.884. The van der Waals surface area contributed by atoms with Crippen LogP contribution in [0.4, 0.5) is 5.69 Å². The zero-order valence-corrected chi connectivity index (χ0v) is 11.5. The Morgan fingerprint density at radius 2 is 2.06 bits per heavy atom. The lowest BCUT2D eigenvalue weighted by atomic mass is 10.0. The Balaban J connectivity index is 2.02. The van der Waals surface area contributed by atoms with Crippen molar-refractivity contribution in [2.45, 2.75) is 31.9 Å². The Labute approximate surface area is 109 Å². The summed E-state index contributed by atoms with van der Waals surface area (Å²) in [4.78, 5) is 8.99. The lowest BCUT2D eigenvalue weighted by Crippen LogP contribution is -2.42. The van der Waals surface area contributed by atoms with Crippen molar-refractivity contribution >= 4 is 5.69 Å². The predicted molar refractivity (Wildman–Crippen MR) is 73.8 cm³/mol. The van der Waals surface area contributed by atoms with Crippen molar-refractivity contribution < 1.29 is 5.11 Å². The molecule has 1 unspecified atom stereocenters. The van der Waals surface area contributed by atoms with E-state index in [9.17, 15) is 5.11 Å². The number of hydrogen-bond acceptors (Lipinski definition) is 4. The van der Waals surface area contributed by atoms with Crippen LogP contribution in [0.25, 0.3) is 0 Å². The van der Waals surface area contributed by atoms with Gasteiger partial charge in [-0.25, -0.2) is 0 Å². The van der Waals surface area contributed by atoms with E-state index in [2.05, 4.69) is 28.9 Å². The molecular weight excluding hydrogens is 226 g/mol. The zero-order chi connectivity index (χ0) is 13.1. The average molecular weight is 249 g/mol. The molecule has 0 aliphatic carbocycles.